The molecule has 1 aromatic rings. The third-order valence-electron chi connectivity index (χ3n) is 2.58. The van der Waals surface area contributed by atoms with Crippen molar-refractivity contribution in [2.45, 2.75) is 20.3 Å². The predicted octanol–water partition coefficient (Wildman–Crippen LogP) is 1.45. The molecule has 0 atom stereocenters. The molecule has 18 heavy (non-hydrogen) atoms. The Labute approximate surface area is 131 Å². The normalized spacial score (nSPS) is 10.8. The third-order valence-corrected chi connectivity index (χ3v) is 3.38. The molecule has 0 aliphatic rings. The number of anilines is 1. The van der Waals surface area contributed by atoms with Crippen molar-refractivity contribution in [3.8, 4) is 0 Å². The molecule has 4 nitrogen and oxygen atoms in total. The Bertz CT molecular complexity index is 462. The summed E-state index contributed by atoms with van der Waals surface area (Å²) in [6.07, 6.45) is 0.431. The zero-order valence-corrected chi connectivity index (χ0v) is 11.1. The van der Waals surface area contributed by atoms with Gasteiger partial charge in [0.05, 0.1) is 5.75 Å². The Hall–Kier alpha value is -0.0700. The summed E-state index contributed by atoms with van der Waals surface area (Å²) in [7, 11) is -3.85. The number of hydrogen-bond acceptors (Lipinski definition) is 3. The topological polar surface area (TPSA) is 57.6 Å². The van der Waals surface area contributed by atoms with Crippen molar-refractivity contribution in [1.29, 1.82) is 0 Å². The van der Waals surface area contributed by atoms with Gasteiger partial charge < -0.3 is 4.90 Å². The van der Waals surface area contributed by atoms with Gasteiger partial charge in [0.1, 0.15) is 0 Å². The van der Waals surface area contributed by atoms with Gasteiger partial charge in [-0.05, 0) is 38.0 Å². The average molecular weight is 281 g/mol. The fourth-order valence-electron chi connectivity index (χ4n) is 1.73. The fraction of sp³-hybridized carbons (Fsp3) is 0.500. The maximum atomic E-state index is 10.6. The second-order valence-electron chi connectivity index (χ2n) is 4.06. The Morgan fingerprint density at radius 2 is 2.00 bits per heavy atom. The molecule has 0 saturated carbocycles. The van der Waals surface area contributed by atoms with Gasteiger partial charge in [0.15, 0.2) is 0 Å². The van der Waals surface area contributed by atoms with Gasteiger partial charge in [-0.1, -0.05) is 12.1 Å². The van der Waals surface area contributed by atoms with Crippen LogP contribution in [0.25, 0.3) is 0 Å². The van der Waals surface area contributed by atoms with Crippen LogP contribution in [0.2, 0.25) is 0 Å². The van der Waals surface area contributed by atoms with Crippen LogP contribution in [-0.4, -0.2) is 61.4 Å². The SMILES string of the molecule is CCN(CCCS(=O)(=O)O)c1cccc(C)c1.[NaH]. The first-order valence-electron chi connectivity index (χ1n) is 5.69. The van der Waals surface area contributed by atoms with E-state index in [1.807, 2.05) is 32.0 Å². The summed E-state index contributed by atoms with van der Waals surface area (Å²) in [4.78, 5) is 2.10. The first-order chi connectivity index (χ1) is 7.92. The van der Waals surface area contributed by atoms with Crippen LogP contribution in [-0.2, 0) is 10.1 Å². The summed E-state index contributed by atoms with van der Waals surface area (Å²) >= 11 is 0. The molecule has 0 amide bonds. The minimum absolute atomic E-state index is 0. The molecule has 0 saturated heterocycles. The van der Waals surface area contributed by atoms with Crippen molar-refractivity contribution in [3.63, 3.8) is 0 Å². The van der Waals surface area contributed by atoms with Gasteiger partial charge in [0.25, 0.3) is 10.1 Å². The van der Waals surface area contributed by atoms with E-state index >= 15 is 0 Å². The van der Waals surface area contributed by atoms with Crippen LogP contribution in [0, 0.1) is 6.92 Å². The Morgan fingerprint density at radius 3 is 2.50 bits per heavy atom. The van der Waals surface area contributed by atoms with E-state index in [1.165, 1.54) is 5.56 Å². The molecular weight excluding hydrogens is 261 g/mol. The van der Waals surface area contributed by atoms with Crippen molar-refractivity contribution in [3.05, 3.63) is 29.8 Å². The number of benzene rings is 1. The van der Waals surface area contributed by atoms with Crippen LogP contribution in [0.15, 0.2) is 24.3 Å². The van der Waals surface area contributed by atoms with Crippen LogP contribution in [0.4, 0.5) is 5.69 Å². The number of aryl methyl sites for hydroxylation is 1. The van der Waals surface area contributed by atoms with Crippen LogP contribution in [0.5, 0.6) is 0 Å². The van der Waals surface area contributed by atoms with Gasteiger partial charge in [-0.3, -0.25) is 4.55 Å². The molecule has 0 bridgehead atoms. The van der Waals surface area contributed by atoms with Crippen molar-refractivity contribution in [1.82, 2.24) is 0 Å². The van der Waals surface area contributed by atoms with Crippen LogP contribution >= 0.6 is 0 Å². The summed E-state index contributed by atoms with van der Waals surface area (Å²) in [6.45, 7) is 5.49. The van der Waals surface area contributed by atoms with Crippen LogP contribution in [0.1, 0.15) is 18.9 Å². The molecule has 0 radical (unpaired) electrons. The first-order valence-corrected chi connectivity index (χ1v) is 7.30. The van der Waals surface area contributed by atoms with E-state index in [0.29, 0.717) is 13.0 Å². The van der Waals surface area contributed by atoms with Crippen molar-refractivity contribution in [2.24, 2.45) is 0 Å². The molecule has 0 aromatic heterocycles. The van der Waals surface area contributed by atoms with E-state index in [0.717, 1.165) is 12.2 Å². The molecule has 1 N–H and O–H groups in total. The molecule has 1 rings (SSSR count). The van der Waals surface area contributed by atoms with Crippen molar-refractivity contribution in [2.75, 3.05) is 23.7 Å². The van der Waals surface area contributed by atoms with Gasteiger partial charge in [-0.2, -0.15) is 8.42 Å². The van der Waals surface area contributed by atoms with E-state index in [-0.39, 0.29) is 35.3 Å². The van der Waals surface area contributed by atoms with E-state index in [4.69, 9.17) is 4.55 Å². The summed E-state index contributed by atoms with van der Waals surface area (Å²) < 4.78 is 29.9. The predicted molar refractivity (Wildman–Crippen MR) is 77.2 cm³/mol. The van der Waals surface area contributed by atoms with Crippen molar-refractivity contribution < 1.29 is 13.0 Å². The maximum absolute atomic E-state index is 10.6. The standard InChI is InChI=1S/C12H19NO3S.Na.H/c1-3-13(8-5-9-17(14,15)16)12-7-4-6-11(2)10-12;;/h4,6-7,10H,3,5,8-9H2,1-2H3,(H,14,15,16);;. The first kappa shape index (κ1) is 17.9. The zero-order valence-electron chi connectivity index (χ0n) is 10.3. The van der Waals surface area contributed by atoms with E-state index in [1.54, 1.807) is 0 Å². The molecular formula is C12H20NNaO3S. The summed E-state index contributed by atoms with van der Waals surface area (Å²) in [5.74, 6) is -0.185. The van der Waals surface area contributed by atoms with Crippen molar-refractivity contribution >= 4 is 45.4 Å². The Kier molecular flexibility index (Phi) is 8.14. The monoisotopic (exact) mass is 281 g/mol. The van der Waals surface area contributed by atoms with Gasteiger partial charge in [0.2, 0.25) is 0 Å². The molecule has 1 aromatic carbocycles. The summed E-state index contributed by atoms with van der Waals surface area (Å²) in [6, 6.07) is 8.08. The molecule has 0 aliphatic heterocycles. The van der Waals surface area contributed by atoms with E-state index in [9.17, 15) is 8.42 Å². The number of nitrogens with zero attached hydrogens (tertiary/aromatic N) is 1. The van der Waals surface area contributed by atoms with E-state index < -0.39 is 10.1 Å². The molecule has 0 heterocycles. The quantitative estimate of drug-likeness (QED) is 0.633. The Morgan fingerprint density at radius 1 is 1.33 bits per heavy atom. The van der Waals surface area contributed by atoms with E-state index in [2.05, 4.69) is 11.0 Å². The fourth-order valence-corrected chi connectivity index (χ4v) is 2.23. The molecule has 6 heteroatoms. The summed E-state index contributed by atoms with van der Waals surface area (Å²) in [5, 5.41) is 0. The van der Waals surface area contributed by atoms with Crippen LogP contribution in [0.3, 0.4) is 0 Å². The molecule has 98 valence electrons. The summed E-state index contributed by atoms with van der Waals surface area (Å²) in [5.41, 5.74) is 2.26. The van der Waals surface area contributed by atoms with Gasteiger partial charge >= 0.3 is 29.6 Å². The third kappa shape index (κ3) is 6.75. The minimum atomic E-state index is -3.85. The molecule has 0 unspecified atom stereocenters. The van der Waals surface area contributed by atoms with Gasteiger partial charge in [-0.15, -0.1) is 0 Å². The van der Waals surface area contributed by atoms with Crippen LogP contribution < -0.4 is 4.90 Å². The molecule has 0 spiro atoms. The number of rotatable bonds is 6. The second kappa shape index (κ2) is 8.17. The second-order valence-corrected chi connectivity index (χ2v) is 5.63. The van der Waals surface area contributed by atoms with Gasteiger partial charge in [-0.25, -0.2) is 0 Å². The Balaban J connectivity index is 0.00000289. The van der Waals surface area contributed by atoms with Gasteiger partial charge in [0, 0.05) is 18.8 Å². The molecule has 0 aliphatic carbocycles. The zero-order chi connectivity index (χ0) is 12.9. The average Bonchev–Trinajstić information content (AvgIpc) is 2.23. The number of hydrogen-bond donors (Lipinski definition) is 1. The molecule has 0 fully saturated rings.